The molecule has 18 heavy (non-hydrogen) atoms. The van der Waals surface area contributed by atoms with Crippen molar-refractivity contribution >= 4 is 0 Å². The van der Waals surface area contributed by atoms with Gasteiger partial charge in [0.25, 0.3) is 0 Å². The fourth-order valence-corrected chi connectivity index (χ4v) is 2.30. The molecule has 0 amide bonds. The third-order valence-corrected chi connectivity index (χ3v) is 3.68. The quantitative estimate of drug-likeness (QED) is 0.868. The number of likely N-dealkylation sites (tertiary alicyclic amines) is 1. The van der Waals surface area contributed by atoms with E-state index in [1.807, 2.05) is 6.07 Å². The molecule has 1 aliphatic rings. The van der Waals surface area contributed by atoms with E-state index in [0.717, 1.165) is 19.5 Å². The Labute approximate surface area is 107 Å². The third kappa shape index (κ3) is 2.87. The summed E-state index contributed by atoms with van der Waals surface area (Å²) < 4.78 is 13.8. The van der Waals surface area contributed by atoms with Crippen LogP contribution in [0.2, 0.25) is 0 Å². The first kappa shape index (κ1) is 13.0. The summed E-state index contributed by atoms with van der Waals surface area (Å²) in [6, 6.07) is 6.75. The number of piperidine rings is 1. The second-order valence-electron chi connectivity index (χ2n) is 5.08. The van der Waals surface area contributed by atoms with Crippen LogP contribution in [0.25, 0.3) is 0 Å². The molecule has 2 unspecified atom stereocenters. The average Bonchev–Trinajstić information content (AvgIpc) is 2.36. The molecular formula is C14H18FN3. The zero-order valence-corrected chi connectivity index (χ0v) is 10.6. The second-order valence-corrected chi connectivity index (χ2v) is 5.08. The minimum Gasteiger partial charge on any atom is -0.326 e. The molecule has 2 atom stereocenters. The van der Waals surface area contributed by atoms with Crippen LogP contribution in [0.1, 0.15) is 24.5 Å². The van der Waals surface area contributed by atoms with Gasteiger partial charge in [-0.3, -0.25) is 4.90 Å². The maximum Gasteiger partial charge on any atom is 0.129 e. The largest absolute Gasteiger partial charge is 0.326 e. The van der Waals surface area contributed by atoms with E-state index in [0.29, 0.717) is 23.6 Å². The first-order valence-electron chi connectivity index (χ1n) is 6.26. The number of hydrogen-bond acceptors (Lipinski definition) is 3. The molecule has 1 fully saturated rings. The van der Waals surface area contributed by atoms with Crippen LogP contribution < -0.4 is 5.73 Å². The number of nitriles is 1. The van der Waals surface area contributed by atoms with Crippen molar-refractivity contribution in [2.45, 2.75) is 25.9 Å². The highest BCUT2D eigenvalue weighted by Crippen LogP contribution is 2.19. The predicted molar refractivity (Wildman–Crippen MR) is 68.1 cm³/mol. The Bertz CT molecular complexity index is 467. The van der Waals surface area contributed by atoms with Gasteiger partial charge in [-0.1, -0.05) is 13.0 Å². The number of nitrogens with zero attached hydrogens (tertiary/aromatic N) is 2. The van der Waals surface area contributed by atoms with E-state index in [1.165, 1.54) is 6.07 Å². The number of nitrogens with two attached hydrogens (primary N) is 1. The van der Waals surface area contributed by atoms with Gasteiger partial charge in [0.05, 0.1) is 11.6 Å². The van der Waals surface area contributed by atoms with Gasteiger partial charge in [0.2, 0.25) is 0 Å². The first-order chi connectivity index (χ1) is 8.60. The topological polar surface area (TPSA) is 53.0 Å². The van der Waals surface area contributed by atoms with Crippen LogP contribution in [-0.2, 0) is 6.54 Å². The zero-order valence-electron chi connectivity index (χ0n) is 10.6. The van der Waals surface area contributed by atoms with Crippen LogP contribution in [0, 0.1) is 23.1 Å². The maximum atomic E-state index is 13.8. The molecule has 2 N–H and O–H groups in total. The van der Waals surface area contributed by atoms with Gasteiger partial charge in [-0.05, 0) is 31.0 Å². The second kappa shape index (κ2) is 5.47. The van der Waals surface area contributed by atoms with Crippen LogP contribution in [-0.4, -0.2) is 24.0 Å². The van der Waals surface area contributed by atoms with E-state index in [9.17, 15) is 4.39 Å². The fourth-order valence-electron chi connectivity index (χ4n) is 2.30. The van der Waals surface area contributed by atoms with Crippen molar-refractivity contribution < 1.29 is 4.39 Å². The van der Waals surface area contributed by atoms with Gasteiger partial charge in [-0.15, -0.1) is 0 Å². The van der Waals surface area contributed by atoms with Crippen molar-refractivity contribution in [1.82, 2.24) is 4.90 Å². The molecule has 1 aromatic carbocycles. The summed E-state index contributed by atoms with van der Waals surface area (Å²) in [5.41, 5.74) is 7.02. The Morgan fingerprint density at radius 2 is 2.33 bits per heavy atom. The normalized spacial score (nSPS) is 24.8. The molecule has 1 aromatic rings. The van der Waals surface area contributed by atoms with Crippen molar-refractivity contribution in [2.75, 3.05) is 13.1 Å². The molecule has 0 radical (unpaired) electrons. The van der Waals surface area contributed by atoms with E-state index >= 15 is 0 Å². The smallest absolute Gasteiger partial charge is 0.129 e. The standard InChI is InChI=1S/C14H18FN3/c1-10-4-5-18(9-14(10)17)8-12-3-2-11(7-16)6-13(12)15/h2-3,6,10,14H,4-5,8-9,17H2,1H3. The molecule has 96 valence electrons. The van der Waals surface area contributed by atoms with Gasteiger partial charge in [0, 0.05) is 24.7 Å². The Morgan fingerprint density at radius 1 is 1.56 bits per heavy atom. The maximum absolute atomic E-state index is 13.8. The SMILES string of the molecule is CC1CCN(Cc2ccc(C#N)cc2F)CC1N. The van der Waals surface area contributed by atoms with Gasteiger partial charge >= 0.3 is 0 Å². The zero-order chi connectivity index (χ0) is 13.1. The van der Waals surface area contributed by atoms with Gasteiger partial charge in [0.1, 0.15) is 5.82 Å². The highest BCUT2D eigenvalue weighted by atomic mass is 19.1. The Morgan fingerprint density at radius 3 is 2.94 bits per heavy atom. The lowest BCUT2D eigenvalue weighted by molar-refractivity contribution is 0.160. The summed E-state index contributed by atoms with van der Waals surface area (Å²) in [6.45, 7) is 4.48. The minimum absolute atomic E-state index is 0.167. The summed E-state index contributed by atoms with van der Waals surface area (Å²) in [7, 11) is 0. The fraction of sp³-hybridized carbons (Fsp3) is 0.500. The summed E-state index contributed by atoms with van der Waals surface area (Å²) in [4.78, 5) is 2.18. The Kier molecular flexibility index (Phi) is 3.95. The Balaban J connectivity index is 2.04. The van der Waals surface area contributed by atoms with E-state index in [1.54, 1.807) is 12.1 Å². The van der Waals surface area contributed by atoms with Crippen LogP contribution in [0.4, 0.5) is 4.39 Å². The molecule has 1 heterocycles. The lowest BCUT2D eigenvalue weighted by atomic mass is 9.94. The van der Waals surface area contributed by atoms with Crippen molar-refractivity contribution in [3.63, 3.8) is 0 Å². The predicted octanol–water partition coefficient (Wildman–Crippen LogP) is 1.87. The molecule has 1 saturated heterocycles. The number of rotatable bonds is 2. The van der Waals surface area contributed by atoms with E-state index < -0.39 is 0 Å². The van der Waals surface area contributed by atoms with Crippen molar-refractivity contribution in [3.05, 3.63) is 35.1 Å². The average molecular weight is 247 g/mol. The number of halogens is 1. The molecule has 1 aliphatic heterocycles. The van der Waals surface area contributed by atoms with Gasteiger partial charge in [0.15, 0.2) is 0 Å². The van der Waals surface area contributed by atoms with Crippen molar-refractivity contribution in [2.24, 2.45) is 11.7 Å². The van der Waals surface area contributed by atoms with Crippen LogP contribution in [0.15, 0.2) is 18.2 Å². The Hall–Kier alpha value is -1.44. The molecule has 0 saturated carbocycles. The van der Waals surface area contributed by atoms with Gasteiger partial charge < -0.3 is 5.73 Å². The minimum atomic E-state index is -0.304. The van der Waals surface area contributed by atoms with Crippen LogP contribution in [0.3, 0.4) is 0 Å². The van der Waals surface area contributed by atoms with E-state index in [-0.39, 0.29) is 11.9 Å². The molecule has 0 bridgehead atoms. The molecule has 0 aliphatic carbocycles. The lowest BCUT2D eigenvalue weighted by Gasteiger charge is -2.35. The summed E-state index contributed by atoms with van der Waals surface area (Å²) in [6.07, 6.45) is 1.05. The highest BCUT2D eigenvalue weighted by Gasteiger charge is 2.23. The molecule has 2 rings (SSSR count). The summed E-state index contributed by atoms with van der Waals surface area (Å²) in [5.74, 6) is 0.230. The summed E-state index contributed by atoms with van der Waals surface area (Å²) in [5, 5.41) is 8.69. The monoisotopic (exact) mass is 247 g/mol. The highest BCUT2D eigenvalue weighted by molar-refractivity contribution is 5.32. The van der Waals surface area contributed by atoms with Crippen LogP contribution >= 0.6 is 0 Å². The number of benzene rings is 1. The van der Waals surface area contributed by atoms with Crippen molar-refractivity contribution in [1.29, 1.82) is 5.26 Å². The van der Waals surface area contributed by atoms with Gasteiger partial charge in [-0.2, -0.15) is 5.26 Å². The lowest BCUT2D eigenvalue weighted by Crippen LogP contribution is -2.47. The molecular weight excluding hydrogens is 229 g/mol. The van der Waals surface area contributed by atoms with E-state index in [4.69, 9.17) is 11.0 Å². The molecule has 3 nitrogen and oxygen atoms in total. The van der Waals surface area contributed by atoms with Crippen LogP contribution in [0.5, 0.6) is 0 Å². The first-order valence-corrected chi connectivity index (χ1v) is 6.26. The summed E-state index contributed by atoms with van der Waals surface area (Å²) >= 11 is 0. The third-order valence-electron chi connectivity index (χ3n) is 3.68. The number of hydrogen-bond donors (Lipinski definition) is 1. The van der Waals surface area contributed by atoms with Gasteiger partial charge in [-0.25, -0.2) is 4.39 Å². The van der Waals surface area contributed by atoms with E-state index in [2.05, 4.69) is 11.8 Å². The molecule has 0 aromatic heterocycles. The molecule has 4 heteroatoms. The van der Waals surface area contributed by atoms with Crippen molar-refractivity contribution in [3.8, 4) is 6.07 Å². The molecule has 0 spiro atoms.